The molecule has 0 amide bonds. The van der Waals surface area contributed by atoms with Crippen LogP contribution in [0.15, 0.2) is 12.2 Å². The predicted molar refractivity (Wildman–Crippen MR) is 84.0 cm³/mol. The van der Waals surface area contributed by atoms with Crippen LogP contribution in [0.25, 0.3) is 0 Å². The van der Waals surface area contributed by atoms with Gasteiger partial charge in [0.25, 0.3) is 0 Å². The number of allylic oxidation sites excluding steroid dienone is 1. The van der Waals surface area contributed by atoms with Crippen LogP contribution in [-0.4, -0.2) is 25.2 Å². The first-order chi connectivity index (χ1) is 10.2. The van der Waals surface area contributed by atoms with Crippen molar-refractivity contribution >= 4 is 11.9 Å². The molecule has 0 rings (SSSR count). The second-order valence-corrected chi connectivity index (χ2v) is 5.02. The molecule has 0 aromatic heterocycles. The van der Waals surface area contributed by atoms with Gasteiger partial charge in [-0.3, -0.25) is 9.59 Å². The lowest BCUT2D eigenvalue weighted by Gasteiger charge is -2.05. The first kappa shape index (κ1) is 19.7. The van der Waals surface area contributed by atoms with Crippen molar-refractivity contribution in [2.24, 2.45) is 0 Å². The lowest BCUT2D eigenvalue weighted by atomic mass is 10.2. The summed E-state index contributed by atoms with van der Waals surface area (Å²) in [6, 6.07) is 0. The minimum absolute atomic E-state index is 0.103. The number of rotatable bonds is 13. The molecule has 0 saturated carbocycles. The van der Waals surface area contributed by atoms with Crippen LogP contribution in [0.4, 0.5) is 0 Å². The Bertz CT molecular complexity index is 297. The van der Waals surface area contributed by atoms with E-state index in [1.165, 1.54) is 19.3 Å². The normalized spacial score (nSPS) is 10.8. The topological polar surface area (TPSA) is 52.6 Å². The lowest BCUT2D eigenvalue weighted by molar-refractivity contribution is -0.150. The summed E-state index contributed by atoms with van der Waals surface area (Å²) in [6.07, 6.45) is 11.6. The molecule has 0 bridgehead atoms. The smallest absolute Gasteiger partial charge is 0.306 e. The first-order valence-corrected chi connectivity index (χ1v) is 8.16. The van der Waals surface area contributed by atoms with Crippen LogP contribution in [0.2, 0.25) is 0 Å². The Morgan fingerprint density at radius 1 is 0.810 bits per heavy atom. The summed E-state index contributed by atoms with van der Waals surface area (Å²) in [5.41, 5.74) is 0. The molecule has 21 heavy (non-hydrogen) atoms. The number of esters is 2. The molecule has 0 unspecified atom stereocenters. The third-order valence-electron chi connectivity index (χ3n) is 2.99. The van der Waals surface area contributed by atoms with Crippen LogP contribution >= 0.6 is 0 Å². The zero-order valence-electron chi connectivity index (χ0n) is 13.6. The van der Waals surface area contributed by atoms with E-state index >= 15 is 0 Å². The highest BCUT2D eigenvalue weighted by Crippen LogP contribution is 2.03. The lowest BCUT2D eigenvalue weighted by Crippen LogP contribution is -2.11. The standard InChI is InChI=1S/C17H30O4/c1-3-5-7-9-11-15-21-17(19)13-12-16(18)20-14-10-8-6-4-2/h6,8H,3-5,7,9-15H2,1-2H3/b8-6+. The van der Waals surface area contributed by atoms with Gasteiger partial charge in [0.15, 0.2) is 0 Å². The molecule has 0 aromatic carbocycles. The predicted octanol–water partition coefficient (Wildman–Crippen LogP) is 4.18. The van der Waals surface area contributed by atoms with Crippen LogP contribution in [0.5, 0.6) is 0 Å². The van der Waals surface area contributed by atoms with E-state index in [4.69, 9.17) is 9.47 Å². The van der Waals surface area contributed by atoms with Crippen molar-refractivity contribution in [3.8, 4) is 0 Å². The third-order valence-corrected chi connectivity index (χ3v) is 2.99. The number of hydrogen-bond donors (Lipinski definition) is 0. The number of carbonyl (C=O) groups is 2. The third kappa shape index (κ3) is 14.9. The highest BCUT2D eigenvalue weighted by Gasteiger charge is 2.08. The van der Waals surface area contributed by atoms with Gasteiger partial charge in [-0.2, -0.15) is 0 Å². The zero-order chi connectivity index (χ0) is 15.8. The van der Waals surface area contributed by atoms with E-state index in [1.54, 1.807) is 0 Å². The zero-order valence-corrected chi connectivity index (χ0v) is 13.6. The van der Waals surface area contributed by atoms with E-state index in [1.807, 2.05) is 12.2 Å². The molecule has 0 saturated heterocycles. The van der Waals surface area contributed by atoms with E-state index in [0.29, 0.717) is 13.2 Å². The molecule has 0 radical (unpaired) electrons. The fourth-order valence-corrected chi connectivity index (χ4v) is 1.77. The highest BCUT2D eigenvalue weighted by atomic mass is 16.5. The van der Waals surface area contributed by atoms with Crippen molar-refractivity contribution in [3.05, 3.63) is 12.2 Å². The van der Waals surface area contributed by atoms with Crippen LogP contribution in [0, 0.1) is 0 Å². The molecule has 0 atom stereocenters. The Morgan fingerprint density at radius 2 is 1.43 bits per heavy atom. The maximum Gasteiger partial charge on any atom is 0.306 e. The van der Waals surface area contributed by atoms with E-state index in [-0.39, 0.29) is 24.8 Å². The monoisotopic (exact) mass is 298 g/mol. The molecule has 4 heteroatoms. The van der Waals surface area contributed by atoms with E-state index in [0.717, 1.165) is 25.7 Å². The summed E-state index contributed by atoms with van der Waals surface area (Å²) < 4.78 is 10.1. The largest absolute Gasteiger partial charge is 0.466 e. The number of unbranched alkanes of at least 4 members (excludes halogenated alkanes) is 4. The average molecular weight is 298 g/mol. The minimum Gasteiger partial charge on any atom is -0.466 e. The van der Waals surface area contributed by atoms with Gasteiger partial charge in [0.05, 0.1) is 26.1 Å². The van der Waals surface area contributed by atoms with Crippen molar-refractivity contribution in [2.75, 3.05) is 13.2 Å². The van der Waals surface area contributed by atoms with Gasteiger partial charge in [0, 0.05) is 0 Å². The number of ether oxygens (including phenoxy) is 2. The molecule has 0 aliphatic rings. The maximum absolute atomic E-state index is 11.4. The van der Waals surface area contributed by atoms with Crippen molar-refractivity contribution in [2.45, 2.75) is 71.6 Å². The van der Waals surface area contributed by atoms with Gasteiger partial charge in [0.1, 0.15) is 0 Å². The minimum atomic E-state index is -0.334. The molecule has 4 nitrogen and oxygen atoms in total. The fraction of sp³-hybridized carbons (Fsp3) is 0.765. The van der Waals surface area contributed by atoms with Crippen molar-refractivity contribution in [3.63, 3.8) is 0 Å². The van der Waals surface area contributed by atoms with Gasteiger partial charge in [-0.15, -0.1) is 0 Å². The molecule has 122 valence electrons. The Balaban J connectivity index is 3.42. The van der Waals surface area contributed by atoms with E-state index in [9.17, 15) is 9.59 Å². The Kier molecular flexibility index (Phi) is 14.1. The molecule has 0 spiro atoms. The SMILES string of the molecule is CC/C=C/CCOC(=O)CCC(=O)OCCCCCCC. The van der Waals surface area contributed by atoms with Crippen LogP contribution < -0.4 is 0 Å². The Hall–Kier alpha value is -1.32. The summed E-state index contributed by atoms with van der Waals surface area (Å²) >= 11 is 0. The van der Waals surface area contributed by atoms with Gasteiger partial charge in [-0.1, -0.05) is 51.7 Å². The second-order valence-electron chi connectivity index (χ2n) is 5.02. The van der Waals surface area contributed by atoms with Crippen molar-refractivity contribution in [1.82, 2.24) is 0 Å². The van der Waals surface area contributed by atoms with Crippen LogP contribution in [0.3, 0.4) is 0 Å². The van der Waals surface area contributed by atoms with Crippen molar-refractivity contribution in [1.29, 1.82) is 0 Å². The van der Waals surface area contributed by atoms with Gasteiger partial charge < -0.3 is 9.47 Å². The average Bonchev–Trinajstić information content (AvgIpc) is 2.48. The Morgan fingerprint density at radius 3 is 2.05 bits per heavy atom. The summed E-state index contributed by atoms with van der Waals surface area (Å²) in [6.45, 7) is 5.05. The van der Waals surface area contributed by atoms with Gasteiger partial charge >= 0.3 is 11.9 Å². The molecule has 0 aromatic rings. The second kappa shape index (κ2) is 15.1. The molecule has 0 aliphatic heterocycles. The molecule has 0 aliphatic carbocycles. The van der Waals surface area contributed by atoms with Gasteiger partial charge in [-0.05, 0) is 19.3 Å². The molecular weight excluding hydrogens is 268 g/mol. The van der Waals surface area contributed by atoms with Gasteiger partial charge in [0.2, 0.25) is 0 Å². The quantitative estimate of drug-likeness (QED) is 0.291. The molecule has 0 N–H and O–H groups in total. The summed E-state index contributed by atoms with van der Waals surface area (Å²) in [5.74, 6) is -0.645. The van der Waals surface area contributed by atoms with Crippen molar-refractivity contribution < 1.29 is 19.1 Å². The fourth-order valence-electron chi connectivity index (χ4n) is 1.77. The van der Waals surface area contributed by atoms with Gasteiger partial charge in [-0.25, -0.2) is 0 Å². The molecular formula is C17H30O4. The molecule has 0 heterocycles. The van der Waals surface area contributed by atoms with E-state index < -0.39 is 0 Å². The van der Waals surface area contributed by atoms with E-state index in [2.05, 4.69) is 13.8 Å². The Labute approximate surface area is 128 Å². The highest BCUT2D eigenvalue weighted by molar-refractivity contribution is 5.77. The maximum atomic E-state index is 11.4. The van der Waals surface area contributed by atoms with Crippen LogP contribution in [0.1, 0.15) is 71.6 Å². The summed E-state index contributed by atoms with van der Waals surface area (Å²) in [5, 5.41) is 0. The van der Waals surface area contributed by atoms with Crippen LogP contribution in [-0.2, 0) is 19.1 Å². The first-order valence-electron chi connectivity index (χ1n) is 8.16. The number of hydrogen-bond acceptors (Lipinski definition) is 4. The molecule has 0 fully saturated rings. The summed E-state index contributed by atoms with van der Waals surface area (Å²) in [7, 11) is 0. The summed E-state index contributed by atoms with van der Waals surface area (Å²) in [4.78, 5) is 22.8. The number of carbonyl (C=O) groups excluding carboxylic acids is 2.